The van der Waals surface area contributed by atoms with E-state index in [0.29, 0.717) is 11.5 Å². The first-order valence-electron chi connectivity index (χ1n) is 7.20. The lowest BCUT2D eigenvalue weighted by Crippen LogP contribution is -2.29. The molecule has 1 fully saturated rings. The Morgan fingerprint density at radius 1 is 1.50 bits per heavy atom. The van der Waals surface area contributed by atoms with E-state index in [1.54, 1.807) is 18.2 Å². The summed E-state index contributed by atoms with van der Waals surface area (Å²) in [5, 5.41) is 6.51. The molecule has 116 valence electrons. The lowest BCUT2D eigenvalue weighted by Gasteiger charge is -2.16. The van der Waals surface area contributed by atoms with Crippen molar-refractivity contribution in [3.63, 3.8) is 0 Å². The Balaban J connectivity index is 1.60. The van der Waals surface area contributed by atoms with Crippen LogP contribution in [-0.2, 0) is 4.74 Å². The van der Waals surface area contributed by atoms with E-state index in [1.165, 1.54) is 19.2 Å². The minimum Gasteiger partial charge on any atom is -0.375 e. The first-order chi connectivity index (χ1) is 10.7. The Kier molecular flexibility index (Phi) is 4.20. The molecule has 5 nitrogen and oxygen atoms in total. The maximum absolute atomic E-state index is 13.2. The summed E-state index contributed by atoms with van der Waals surface area (Å²) in [6.07, 6.45) is 1.75. The molecule has 0 spiro atoms. The zero-order valence-corrected chi connectivity index (χ0v) is 12.2. The number of halogens is 1. The zero-order valence-electron chi connectivity index (χ0n) is 12.2. The molecule has 0 radical (unpaired) electrons. The number of benzene rings is 1. The van der Waals surface area contributed by atoms with Crippen LogP contribution in [0.2, 0.25) is 0 Å². The molecule has 1 aliphatic carbocycles. The molecule has 22 heavy (non-hydrogen) atoms. The molecule has 1 saturated carbocycles. The monoisotopic (exact) mass is 304 g/mol. The highest BCUT2D eigenvalue weighted by Crippen LogP contribution is 2.40. The minimum absolute atomic E-state index is 0.227. The fourth-order valence-electron chi connectivity index (χ4n) is 2.28. The zero-order chi connectivity index (χ0) is 15.5. The van der Waals surface area contributed by atoms with Crippen LogP contribution in [0.5, 0.6) is 0 Å². The van der Waals surface area contributed by atoms with Gasteiger partial charge in [0.25, 0.3) is 5.91 Å². The maximum Gasteiger partial charge on any atom is 0.273 e. The topological polar surface area (TPSA) is 64.4 Å². The smallest absolute Gasteiger partial charge is 0.273 e. The first-order valence-corrected chi connectivity index (χ1v) is 7.20. The van der Waals surface area contributed by atoms with Crippen molar-refractivity contribution >= 4 is 5.91 Å². The number of methoxy groups -OCH3 is 1. The molecule has 1 atom stereocenters. The van der Waals surface area contributed by atoms with E-state index in [9.17, 15) is 9.18 Å². The van der Waals surface area contributed by atoms with Crippen molar-refractivity contribution in [1.82, 2.24) is 10.5 Å². The summed E-state index contributed by atoms with van der Waals surface area (Å²) in [6, 6.07) is 7.80. The molecule has 1 N–H and O–H groups in total. The standard InChI is InChI=1S/C16H17FN2O3/c1-21-15(11-3-2-4-12(17)7-11)9-18-16(20)13-8-14(22-19-13)10-5-6-10/h2-4,7-8,10,15H,5-6,9H2,1H3,(H,18,20). The number of hydrogen-bond donors (Lipinski definition) is 1. The van der Waals surface area contributed by atoms with Crippen LogP contribution in [0.15, 0.2) is 34.9 Å². The Labute approximate surface area is 127 Å². The quantitative estimate of drug-likeness (QED) is 0.891. The number of carbonyl (C=O) groups is 1. The predicted octanol–water partition coefficient (Wildman–Crippen LogP) is 2.81. The number of nitrogens with zero attached hydrogens (tertiary/aromatic N) is 1. The summed E-state index contributed by atoms with van der Waals surface area (Å²) in [5.74, 6) is 0.511. The molecule has 1 heterocycles. The molecule has 1 unspecified atom stereocenters. The number of rotatable bonds is 6. The van der Waals surface area contributed by atoms with Crippen LogP contribution in [-0.4, -0.2) is 24.7 Å². The molecular formula is C16H17FN2O3. The highest BCUT2D eigenvalue weighted by atomic mass is 19.1. The van der Waals surface area contributed by atoms with E-state index in [0.717, 1.165) is 18.6 Å². The van der Waals surface area contributed by atoms with Gasteiger partial charge >= 0.3 is 0 Å². The second kappa shape index (κ2) is 6.27. The third-order valence-corrected chi connectivity index (χ3v) is 3.69. The van der Waals surface area contributed by atoms with Gasteiger partial charge in [0.2, 0.25) is 0 Å². The fourth-order valence-corrected chi connectivity index (χ4v) is 2.28. The largest absolute Gasteiger partial charge is 0.375 e. The summed E-state index contributed by atoms with van der Waals surface area (Å²) in [6.45, 7) is 0.227. The Morgan fingerprint density at radius 3 is 3.00 bits per heavy atom. The molecule has 0 saturated heterocycles. The van der Waals surface area contributed by atoms with Crippen LogP contribution in [0, 0.1) is 5.82 Å². The van der Waals surface area contributed by atoms with Gasteiger partial charge < -0.3 is 14.6 Å². The highest BCUT2D eigenvalue weighted by molar-refractivity contribution is 5.92. The van der Waals surface area contributed by atoms with Crippen LogP contribution >= 0.6 is 0 Å². The van der Waals surface area contributed by atoms with Crippen molar-refractivity contribution in [2.45, 2.75) is 24.9 Å². The molecule has 6 heteroatoms. The Hall–Kier alpha value is -2.21. The second-order valence-electron chi connectivity index (χ2n) is 5.38. The van der Waals surface area contributed by atoms with E-state index >= 15 is 0 Å². The minimum atomic E-state index is -0.422. The van der Waals surface area contributed by atoms with Gasteiger partial charge in [-0.1, -0.05) is 17.3 Å². The molecule has 0 aliphatic heterocycles. The van der Waals surface area contributed by atoms with Crippen LogP contribution in [0.4, 0.5) is 4.39 Å². The van der Waals surface area contributed by atoms with Gasteiger partial charge in [0, 0.05) is 25.6 Å². The van der Waals surface area contributed by atoms with Crippen molar-refractivity contribution in [3.8, 4) is 0 Å². The second-order valence-corrected chi connectivity index (χ2v) is 5.38. The fraction of sp³-hybridized carbons (Fsp3) is 0.375. The van der Waals surface area contributed by atoms with Crippen LogP contribution < -0.4 is 5.32 Å². The third kappa shape index (κ3) is 3.33. The van der Waals surface area contributed by atoms with Gasteiger partial charge in [0.1, 0.15) is 11.6 Å². The van der Waals surface area contributed by atoms with Gasteiger partial charge in [-0.05, 0) is 30.5 Å². The normalized spacial score (nSPS) is 15.5. The number of ether oxygens (including phenoxy) is 1. The van der Waals surface area contributed by atoms with Gasteiger partial charge in [-0.2, -0.15) is 0 Å². The summed E-state index contributed by atoms with van der Waals surface area (Å²) < 4.78 is 23.7. The molecule has 1 amide bonds. The van der Waals surface area contributed by atoms with Crippen molar-refractivity contribution in [1.29, 1.82) is 0 Å². The molecule has 3 rings (SSSR count). The first kappa shape index (κ1) is 14.7. The van der Waals surface area contributed by atoms with E-state index < -0.39 is 6.10 Å². The summed E-state index contributed by atoms with van der Waals surface area (Å²) in [4.78, 5) is 12.1. The van der Waals surface area contributed by atoms with E-state index in [4.69, 9.17) is 9.26 Å². The molecule has 0 bridgehead atoms. The summed E-state index contributed by atoms with van der Waals surface area (Å²) in [5.41, 5.74) is 0.928. The summed E-state index contributed by atoms with van der Waals surface area (Å²) in [7, 11) is 1.52. The van der Waals surface area contributed by atoms with Crippen molar-refractivity contribution in [2.24, 2.45) is 0 Å². The van der Waals surface area contributed by atoms with Crippen LogP contribution in [0.3, 0.4) is 0 Å². The van der Waals surface area contributed by atoms with E-state index in [1.807, 2.05) is 0 Å². The Bertz CT molecular complexity index is 667. The number of nitrogens with one attached hydrogen (secondary N) is 1. The third-order valence-electron chi connectivity index (χ3n) is 3.69. The lowest BCUT2D eigenvalue weighted by atomic mass is 10.1. The average Bonchev–Trinajstić information content (AvgIpc) is 3.25. The van der Waals surface area contributed by atoms with Crippen molar-refractivity contribution in [3.05, 3.63) is 53.2 Å². The highest BCUT2D eigenvalue weighted by Gasteiger charge is 2.29. The molecule has 2 aromatic rings. The van der Waals surface area contributed by atoms with Crippen LogP contribution in [0.1, 0.15) is 46.7 Å². The van der Waals surface area contributed by atoms with Gasteiger partial charge in [0.15, 0.2) is 5.69 Å². The SMILES string of the molecule is COC(CNC(=O)c1cc(C2CC2)on1)c1cccc(F)c1. The average molecular weight is 304 g/mol. The van der Waals surface area contributed by atoms with Crippen molar-refractivity contribution < 1.29 is 18.4 Å². The molecular weight excluding hydrogens is 287 g/mol. The van der Waals surface area contributed by atoms with Crippen LogP contribution in [0.25, 0.3) is 0 Å². The van der Waals surface area contributed by atoms with Gasteiger partial charge in [-0.25, -0.2) is 4.39 Å². The number of amides is 1. The Morgan fingerprint density at radius 2 is 2.32 bits per heavy atom. The van der Waals surface area contributed by atoms with Gasteiger partial charge in [-0.3, -0.25) is 4.79 Å². The number of carbonyl (C=O) groups excluding carboxylic acids is 1. The number of hydrogen-bond acceptors (Lipinski definition) is 4. The van der Waals surface area contributed by atoms with E-state index in [2.05, 4.69) is 10.5 Å². The van der Waals surface area contributed by atoms with Gasteiger partial charge in [-0.15, -0.1) is 0 Å². The number of aromatic nitrogens is 1. The maximum atomic E-state index is 13.2. The van der Waals surface area contributed by atoms with Gasteiger partial charge in [0.05, 0.1) is 6.10 Å². The van der Waals surface area contributed by atoms with E-state index in [-0.39, 0.29) is 24.0 Å². The summed E-state index contributed by atoms with van der Waals surface area (Å²) >= 11 is 0. The lowest BCUT2D eigenvalue weighted by molar-refractivity contribution is 0.0820. The predicted molar refractivity (Wildman–Crippen MR) is 77.0 cm³/mol. The molecule has 1 aromatic carbocycles. The van der Waals surface area contributed by atoms with Crippen molar-refractivity contribution in [2.75, 3.05) is 13.7 Å². The molecule has 1 aromatic heterocycles. The molecule has 1 aliphatic rings.